The van der Waals surface area contributed by atoms with Crippen molar-refractivity contribution in [2.45, 2.75) is 41.5 Å². The zero-order chi connectivity index (χ0) is 45.8. The summed E-state index contributed by atoms with van der Waals surface area (Å²) in [6.45, 7) is 13.1. The number of ketones is 2. The van der Waals surface area contributed by atoms with E-state index in [1.807, 2.05) is 42.5 Å². The molecule has 12 rings (SSSR count). The average molecular weight is 862 g/mol. The summed E-state index contributed by atoms with van der Waals surface area (Å²) in [5.74, 6) is -0.457. The van der Waals surface area contributed by atoms with Crippen molar-refractivity contribution in [1.29, 1.82) is 0 Å². The monoisotopic (exact) mass is 861 g/mol. The number of fused-ring (bicyclic) bond motifs is 6. The molecule has 0 spiro atoms. The fourth-order valence-corrected chi connectivity index (χ4v) is 10.9. The lowest BCUT2D eigenvalue weighted by Crippen LogP contribution is -2.11. The summed E-state index contributed by atoms with van der Waals surface area (Å²) >= 11 is 0. The molecule has 10 aromatic rings. The molecule has 320 valence electrons. The number of rotatable bonds is 6. The fourth-order valence-electron chi connectivity index (χ4n) is 10.9. The molecule has 2 aliphatic rings. The van der Waals surface area contributed by atoms with Crippen LogP contribution < -0.4 is 4.90 Å². The lowest BCUT2D eigenvalue weighted by Gasteiger charge is -2.28. The van der Waals surface area contributed by atoms with Gasteiger partial charge in [0.2, 0.25) is 0 Å². The Bertz CT molecular complexity index is 3760. The van der Waals surface area contributed by atoms with Gasteiger partial charge >= 0.3 is 0 Å². The first-order valence-electron chi connectivity index (χ1n) is 23.2. The van der Waals surface area contributed by atoms with Crippen molar-refractivity contribution in [3.8, 4) is 44.5 Å². The van der Waals surface area contributed by atoms with Crippen molar-refractivity contribution in [2.24, 2.45) is 0 Å². The largest absolute Gasteiger partial charge is 0.310 e. The highest BCUT2D eigenvalue weighted by atomic mass is 16.2. The van der Waals surface area contributed by atoms with E-state index in [2.05, 4.69) is 180 Å². The zero-order valence-electron chi connectivity index (χ0n) is 38.5. The van der Waals surface area contributed by atoms with Crippen LogP contribution in [0.4, 0.5) is 17.1 Å². The van der Waals surface area contributed by atoms with Crippen LogP contribution in [0.25, 0.3) is 82.9 Å². The maximum atomic E-state index is 14.1. The van der Waals surface area contributed by atoms with E-state index in [1.165, 1.54) is 77.5 Å². The molecule has 2 aliphatic carbocycles. The Morgan fingerprint density at radius 1 is 0.358 bits per heavy atom. The van der Waals surface area contributed by atoms with E-state index in [4.69, 9.17) is 0 Å². The Kier molecular flexibility index (Phi) is 9.17. The van der Waals surface area contributed by atoms with Crippen LogP contribution in [-0.4, -0.2) is 11.6 Å². The predicted octanol–water partition coefficient (Wildman–Crippen LogP) is 16.9. The molecule has 67 heavy (non-hydrogen) atoms. The van der Waals surface area contributed by atoms with Crippen molar-refractivity contribution in [2.75, 3.05) is 4.90 Å². The number of carbonyl (C=O) groups is 2. The summed E-state index contributed by atoms with van der Waals surface area (Å²) in [5.41, 5.74) is 22.1. The molecular formula is C64H47NO2. The zero-order valence-corrected chi connectivity index (χ0v) is 38.5. The fraction of sp³-hybridized carbons (Fsp3) is 0.0938. The van der Waals surface area contributed by atoms with Gasteiger partial charge in [0, 0.05) is 27.9 Å². The molecule has 0 atom stereocenters. The molecule has 3 nitrogen and oxygen atoms in total. The number of nitrogens with zero attached hydrogens (tertiary/aromatic N) is 1. The van der Waals surface area contributed by atoms with Gasteiger partial charge in [-0.25, -0.2) is 0 Å². The molecule has 0 N–H and O–H groups in total. The highest BCUT2D eigenvalue weighted by Crippen LogP contribution is 2.60. The molecule has 3 heteroatoms. The van der Waals surface area contributed by atoms with Gasteiger partial charge in [-0.05, 0) is 207 Å². The molecule has 10 aromatic carbocycles. The topological polar surface area (TPSA) is 37.4 Å². The predicted molar refractivity (Wildman–Crippen MR) is 280 cm³/mol. The van der Waals surface area contributed by atoms with Gasteiger partial charge in [-0.2, -0.15) is 0 Å². The molecule has 0 aliphatic heterocycles. The summed E-state index contributed by atoms with van der Waals surface area (Å²) in [4.78, 5) is 30.7. The number of hydrogen-bond acceptors (Lipinski definition) is 3. The summed E-state index contributed by atoms with van der Waals surface area (Å²) in [7, 11) is 0. The van der Waals surface area contributed by atoms with Crippen LogP contribution in [-0.2, 0) is 0 Å². The molecular weight excluding hydrogens is 815 g/mol. The van der Waals surface area contributed by atoms with E-state index in [0.717, 1.165) is 55.3 Å². The van der Waals surface area contributed by atoms with Gasteiger partial charge in [0.15, 0.2) is 11.6 Å². The Hall–Kier alpha value is -8.14. The summed E-state index contributed by atoms with van der Waals surface area (Å²) in [5, 5.41) is 6.47. The van der Waals surface area contributed by atoms with Gasteiger partial charge in [-0.1, -0.05) is 121 Å². The minimum absolute atomic E-state index is 0.198. The van der Waals surface area contributed by atoms with Crippen molar-refractivity contribution >= 4 is 67.0 Å². The third-order valence-electron chi connectivity index (χ3n) is 14.6. The smallest absolute Gasteiger partial charge is 0.197 e. The van der Waals surface area contributed by atoms with Gasteiger partial charge in [-0.15, -0.1) is 0 Å². The SMILES string of the molecule is Cc1ccc(N(c2ccc(C)c(C)c2)c2ccc3c4c(cccc24)-c2c-3c(-c3ccccc3C)c3ccc(C=C4C(=O)c5cc6ccccc6cc5C4=O)cc3c2-c2ccccc2C)cc1C. The van der Waals surface area contributed by atoms with Crippen LogP contribution in [0.3, 0.4) is 0 Å². The minimum atomic E-state index is -0.229. The van der Waals surface area contributed by atoms with Crippen LogP contribution >= 0.6 is 0 Å². The third kappa shape index (κ3) is 6.18. The quantitative estimate of drug-likeness (QED) is 0.123. The second kappa shape index (κ2) is 15.2. The summed E-state index contributed by atoms with van der Waals surface area (Å²) in [6.07, 6.45) is 1.81. The summed E-state index contributed by atoms with van der Waals surface area (Å²) < 4.78 is 0. The molecule has 0 saturated carbocycles. The number of allylic oxidation sites excluding steroid dienone is 1. The molecule has 0 amide bonds. The average Bonchev–Trinajstić information content (AvgIpc) is 3.78. The van der Waals surface area contributed by atoms with E-state index in [-0.39, 0.29) is 17.1 Å². The van der Waals surface area contributed by atoms with Gasteiger partial charge in [0.25, 0.3) is 0 Å². The Morgan fingerprint density at radius 2 is 0.881 bits per heavy atom. The van der Waals surface area contributed by atoms with Crippen LogP contribution in [0.5, 0.6) is 0 Å². The van der Waals surface area contributed by atoms with Crippen molar-refractivity contribution < 1.29 is 9.59 Å². The highest BCUT2D eigenvalue weighted by molar-refractivity contribution is 6.42. The van der Waals surface area contributed by atoms with E-state index < -0.39 is 0 Å². The molecule has 0 unspecified atom stereocenters. The van der Waals surface area contributed by atoms with E-state index in [1.54, 1.807) is 0 Å². The lowest BCUT2D eigenvalue weighted by molar-refractivity contribution is 0.0990. The number of benzene rings is 10. The number of anilines is 3. The third-order valence-corrected chi connectivity index (χ3v) is 14.6. The van der Waals surface area contributed by atoms with E-state index in [9.17, 15) is 9.59 Å². The van der Waals surface area contributed by atoms with Crippen molar-refractivity contribution in [3.63, 3.8) is 0 Å². The maximum absolute atomic E-state index is 14.1. The van der Waals surface area contributed by atoms with Gasteiger partial charge in [0.1, 0.15) is 0 Å². The highest BCUT2D eigenvalue weighted by Gasteiger charge is 2.35. The Morgan fingerprint density at radius 3 is 1.45 bits per heavy atom. The Labute approximate surface area is 391 Å². The molecule has 0 radical (unpaired) electrons. The van der Waals surface area contributed by atoms with Crippen LogP contribution in [0.15, 0.2) is 175 Å². The van der Waals surface area contributed by atoms with Gasteiger partial charge < -0.3 is 4.90 Å². The van der Waals surface area contributed by atoms with E-state index in [0.29, 0.717) is 11.1 Å². The standard InChI is InChI=1S/C64H47NO2/c1-36-22-25-45(30-40(36)5)65(46-26-23-37(2)41(6)31-46)57-29-28-52-58-50(57)20-13-21-51(58)61-60(48-19-12-8-15-39(48)4)53-32-42(24-27-49(53)59(62(52)61)47-18-11-7-14-38(47)3)33-56-63(66)54-34-43-16-9-10-17-44(43)35-55(54)64(56)67/h7-35H,1-6H3. The molecule has 0 heterocycles. The number of carbonyl (C=O) groups excluding carboxylic acids is 2. The number of aryl methyl sites for hydroxylation is 6. The molecule has 0 saturated heterocycles. The molecule has 0 fully saturated rings. The molecule has 0 aromatic heterocycles. The Balaban J connectivity index is 1.15. The first-order chi connectivity index (χ1) is 32.5. The molecule has 0 bridgehead atoms. The second-order valence-electron chi connectivity index (χ2n) is 18.6. The van der Waals surface area contributed by atoms with Crippen LogP contribution in [0, 0.1) is 41.5 Å². The summed E-state index contributed by atoms with van der Waals surface area (Å²) in [6, 6.07) is 60.6. The van der Waals surface area contributed by atoms with Crippen LogP contribution in [0.1, 0.15) is 59.7 Å². The van der Waals surface area contributed by atoms with Gasteiger partial charge in [-0.3, -0.25) is 9.59 Å². The van der Waals surface area contributed by atoms with Gasteiger partial charge in [0.05, 0.1) is 11.3 Å². The first kappa shape index (κ1) is 40.4. The second-order valence-corrected chi connectivity index (χ2v) is 18.6. The minimum Gasteiger partial charge on any atom is -0.310 e. The van der Waals surface area contributed by atoms with Crippen molar-refractivity contribution in [1.82, 2.24) is 0 Å². The number of Topliss-reactive ketones (excluding diaryl/α,β-unsaturated/α-hetero) is 2. The van der Waals surface area contributed by atoms with Crippen molar-refractivity contribution in [3.05, 3.63) is 226 Å². The van der Waals surface area contributed by atoms with Crippen LogP contribution in [0.2, 0.25) is 0 Å². The lowest BCUT2D eigenvalue weighted by atomic mass is 9.80. The first-order valence-corrected chi connectivity index (χ1v) is 23.2. The van der Waals surface area contributed by atoms with E-state index >= 15 is 0 Å². The normalized spacial score (nSPS) is 12.7. The maximum Gasteiger partial charge on any atom is 0.197 e. The number of hydrogen-bond donors (Lipinski definition) is 0.